The number of hydrogen-bond acceptors (Lipinski definition) is 6. The van der Waals surface area contributed by atoms with Crippen LogP contribution in [0.5, 0.6) is 0 Å². The maximum Gasteiger partial charge on any atom is 0.272 e. The highest BCUT2D eigenvalue weighted by molar-refractivity contribution is 7.91. The van der Waals surface area contributed by atoms with Crippen LogP contribution in [0.15, 0.2) is 28.6 Å². The number of rotatable bonds is 4. The second-order valence-electron chi connectivity index (χ2n) is 6.31. The number of sulfonamides is 1. The Morgan fingerprint density at radius 3 is 2.72 bits per heavy atom. The number of benzene rings is 1. The van der Waals surface area contributed by atoms with E-state index in [9.17, 15) is 13.2 Å². The van der Waals surface area contributed by atoms with Gasteiger partial charge in [0.05, 0.1) is 6.04 Å². The Bertz CT molecular complexity index is 892. The van der Waals surface area contributed by atoms with Crippen LogP contribution in [-0.2, 0) is 21.2 Å². The third-order valence-electron chi connectivity index (χ3n) is 4.14. The van der Waals surface area contributed by atoms with Crippen molar-refractivity contribution < 1.29 is 13.2 Å². The van der Waals surface area contributed by atoms with Gasteiger partial charge in [0.15, 0.2) is 0 Å². The highest BCUT2D eigenvalue weighted by atomic mass is 32.2. The van der Waals surface area contributed by atoms with Crippen molar-refractivity contribution in [3.8, 4) is 0 Å². The molecule has 0 aliphatic carbocycles. The largest absolute Gasteiger partial charge is 0.301 e. The third-order valence-corrected chi connectivity index (χ3v) is 7.20. The molecular formula is C16H20N4O3S2. The summed E-state index contributed by atoms with van der Waals surface area (Å²) in [5.41, 5.74) is 2.22. The maximum atomic E-state index is 13.1. The van der Waals surface area contributed by atoms with Crippen LogP contribution in [0.25, 0.3) is 0 Å². The van der Waals surface area contributed by atoms with Crippen molar-refractivity contribution in [2.24, 2.45) is 5.92 Å². The fourth-order valence-electron chi connectivity index (χ4n) is 3.15. The molecule has 1 unspecified atom stereocenters. The summed E-state index contributed by atoms with van der Waals surface area (Å²) < 4.78 is 27.7. The van der Waals surface area contributed by atoms with Gasteiger partial charge in [-0.1, -0.05) is 49.4 Å². The highest BCUT2D eigenvalue weighted by Crippen LogP contribution is 2.39. The average molecular weight is 380 g/mol. The van der Waals surface area contributed by atoms with Crippen LogP contribution in [0.1, 0.15) is 37.9 Å². The number of fused-ring (bicyclic) bond motifs is 1. The number of anilines is 1. The number of aromatic nitrogens is 2. The molecule has 1 atom stereocenters. The predicted molar refractivity (Wildman–Crippen MR) is 95.8 cm³/mol. The van der Waals surface area contributed by atoms with E-state index in [0.717, 1.165) is 16.9 Å². The van der Waals surface area contributed by atoms with Gasteiger partial charge in [-0.15, -0.1) is 10.2 Å². The third kappa shape index (κ3) is 3.44. The van der Waals surface area contributed by atoms with Crippen molar-refractivity contribution >= 4 is 32.4 Å². The molecule has 1 N–H and O–H groups in total. The smallest absolute Gasteiger partial charge is 0.272 e. The summed E-state index contributed by atoms with van der Waals surface area (Å²) in [7, 11) is -3.79. The highest BCUT2D eigenvalue weighted by Gasteiger charge is 2.39. The molecule has 9 heteroatoms. The lowest BCUT2D eigenvalue weighted by Crippen LogP contribution is -2.42. The zero-order valence-corrected chi connectivity index (χ0v) is 15.9. The van der Waals surface area contributed by atoms with E-state index < -0.39 is 10.0 Å². The van der Waals surface area contributed by atoms with E-state index in [4.69, 9.17) is 0 Å². The van der Waals surface area contributed by atoms with Gasteiger partial charge in [0.1, 0.15) is 0 Å². The normalized spacial score (nSPS) is 18.2. The van der Waals surface area contributed by atoms with Gasteiger partial charge in [-0.25, -0.2) is 8.42 Å². The summed E-state index contributed by atoms with van der Waals surface area (Å²) in [5.74, 6) is -0.203. The van der Waals surface area contributed by atoms with Crippen molar-refractivity contribution in [1.82, 2.24) is 14.5 Å². The maximum absolute atomic E-state index is 13.1. The Hall–Kier alpha value is -1.84. The Morgan fingerprint density at radius 1 is 1.32 bits per heavy atom. The topological polar surface area (TPSA) is 92.3 Å². The minimum absolute atomic E-state index is 0.0960. The van der Waals surface area contributed by atoms with Crippen LogP contribution in [0.4, 0.5) is 5.13 Å². The molecule has 1 aromatic carbocycles. The fourth-order valence-corrected chi connectivity index (χ4v) is 5.95. The molecule has 3 rings (SSSR count). The lowest BCUT2D eigenvalue weighted by atomic mass is 9.88. The lowest BCUT2D eigenvalue weighted by Gasteiger charge is -2.38. The molecule has 2 aromatic rings. The molecule has 0 bridgehead atoms. The van der Waals surface area contributed by atoms with Gasteiger partial charge in [0.2, 0.25) is 15.4 Å². The van der Waals surface area contributed by atoms with Gasteiger partial charge in [0, 0.05) is 13.5 Å². The van der Waals surface area contributed by atoms with Gasteiger partial charge in [-0.3, -0.25) is 4.79 Å². The molecule has 1 aromatic heterocycles. The summed E-state index contributed by atoms with van der Waals surface area (Å²) in [6.45, 7) is 5.76. The first-order valence-corrected chi connectivity index (χ1v) is 10.3. The van der Waals surface area contributed by atoms with E-state index in [1.54, 1.807) is 0 Å². The fraction of sp³-hybridized carbons (Fsp3) is 0.438. The van der Waals surface area contributed by atoms with E-state index in [1.165, 1.54) is 16.8 Å². The molecule has 0 spiro atoms. The number of amides is 1. The first-order chi connectivity index (χ1) is 11.8. The molecule has 1 amide bonds. The van der Waals surface area contributed by atoms with E-state index >= 15 is 0 Å². The number of nitrogens with zero attached hydrogens (tertiary/aromatic N) is 3. The lowest BCUT2D eigenvalue weighted by molar-refractivity contribution is -0.114. The summed E-state index contributed by atoms with van der Waals surface area (Å²) in [5, 5.41) is 10.2. The quantitative estimate of drug-likeness (QED) is 0.823. The molecular weight excluding hydrogens is 360 g/mol. The van der Waals surface area contributed by atoms with Crippen molar-refractivity contribution in [3.05, 3.63) is 35.4 Å². The van der Waals surface area contributed by atoms with E-state index in [2.05, 4.69) is 21.6 Å². The molecule has 134 valence electrons. The van der Waals surface area contributed by atoms with Crippen LogP contribution in [0, 0.1) is 5.92 Å². The van der Waals surface area contributed by atoms with Gasteiger partial charge in [-0.05, 0) is 23.5 Å². The summed E-state index contributed by atoms with van der Waals surface area (Å²) in [4.78, 5) is 11.1. The number of nitrogens with one attached hydrogen (secondary N) is 1. The SMILES string of the molecule is CC(=O)Nc1nnc(S(=O)(=O)N2CCc3ccccc3C2C(C)C)s1. The first kappa shape index (κ1) is 18.0. The molecule has 2 heterocycles. The molecule has 25 heavy (non-hydrogen) atoms. The number of hydrogen-bond donors (Lipinski definition) is 1. The molecule has 0 radical (unpaired) electrons. The van der Waals surface area contributed by atoms with Crippen LogP contribution >= 0.6 is 11.3 Å². The Balaban J connectivity index is 1.99. The van der Waals surface area contributed by atoms with Crippen molar-refractivity contribution in [2.75, 3.05) is 11.9 Å². The minimum atomic E-state index is -3.79. The average Bonchev–Trinajstić information content (AvgIpc) is 3.02. The molecule has 1 aliphatic heterocycles. The van der Waals surface area contributed by atoms with Gasteiger partial charge in [-0.2, -0.15) is 4.31 Å². The molecule has 0 saturated carbocycles. The standard InChI is InChI=1S/C16H20N4O3S2/c1-10(2)14-13-7-5-4-6-12(13)8-9-20(14)25(22,23)16-19-18-15(24-16)17-11(3)21/h4-7,10,14H,8-9H2,1-3H3,(H,17,18,21). The van der Waals surface area contributed by atoms with Crippen LogP contribution in [0.2, 0.25) is 0 Å². The number of carbonyl (C=O) groups is 1. The first-order valence-electron chi connectivity index (χ1n) is 8.01. The molecule has 0 saturated heterocycles. The summed E-state index contributed by atoms with van der Waals surface area (Å²) >= 11 is 0.873. The van der Waals surface area contributed by atoms with Gasteiger partial charge < -0.3 is 5.32 Å². The predicted octanol–water partition coefficient (Wildman–Crippen LogP) is 2.44. The Labute approximate surface area is 151 Å². The Morgan fingerprint density at radius 2 is 2.04 bits per heavy atom. The van der Waals surface area contributed by atoms with Gasteiger partial charge >= 0.3 is 0 Å². The van der Waals surface area contributed by atoms with Crippen LogP contribution in [-0.4, -0.2) is 35.4 Å². The Kier molecular flexibility index (Phi) is 4.90. The summed E-state index contributed by atoms with van der Waals surface area (Å²) in [6, 6.07) is 7.71. The zero-order valence-electron chi connectivity index (χ0n) is 14.3. The van der Waals surface area contributed by atoms with Crippen molar-refractivity contribution in [2.45, 2.75) is 37.6 Å². The zero-order chi connectivity index (χ0) is 18.2. The molecule has 0 fully saturated rings. The second-order valence-corrected chi connectivity index (χ2v) is 9.35. The van der Waals surface area contributed by atoms with Crippen LogP contribution < -0.4 is 5.32 Å². The van der Waals surface area contributed by atoms with Gasteiger partial charge in [0.25, 0.3) is 10.0 Å². The van der Waals surface area contributed by atoms with Crippen LogP contribution in [0.3, 0.4) is 0 Å². The van der Waals surface area contributed by atoms with Crippen molar-refractivity contribution in [1.29, 1.82) is 0 Å². The summed E-state index contributed by atoms with van der Waals surface area (Å²) in [6.07, 6.45) is 0.663. The second kappa shape index (κ2) is 6.81. The number of carbonyl (C=O) groups excluding carboxylic acids is 1. The molecule has 7 nitrogen and oxygen atoms in total. The molecule has 1 aliphatic rings. The van der Waals surface area contributed by atoms with E-state index in [-0.39, 0.29) is 27.3 Å². The monoisotopic (exact) mass is 380 g/mol. The van der Waals surface area contributed by atoms with E-state index in [1.807, 2.05) is 32.0 Å². The van der Waals surface area contributed by atoms with E-state index in [0.29, 0.717) is 13.0 Å². The minimum Gasteiger partial charge on any atom is -0.301 e. The van der Waals surface area contributed by atoms with Crippen molar-refractivity contribution in [3.63, 3.8) is 0 Å².